The predicted molar refractivity (Wildman–Crippen MR) is 134 cm³/mol. The number of fused-ring (bicyclic) bond motifs is 3. The van der Waals surface area contributed by atoms with E-state index in [0.717, 1.165) is 47.1 Å². The second kappa shape index (κ2) is 10.8. The highest BCUT2D eigenvalue weighted by Crippen LogP contribution is 2.44. The van der Waals surface area contributed by atoms with Crippen molar-refractivity contribution in [3.05, 3.63) is 89.5 Å². The molecule has 1 aliphatic carbocycles. The lowest BCUT2D eigenvalue weighted by molar-refractivity contribution is -0.139. The molecule has 5 rings (SSSR count). The molecule has 7 heteroatoms. The van der Waals surface area contributed by atoms with Crippen molar-refractivity contribution in [2.75, 3.05) is 13.2 Å². The summed E-state index contributed by atoms with van der Waals surface area (Å²) >= 11 is 0. The summed E-state index contributed by atoms with van der Waals surface area (Å²) in [7, 11) is 0. The van der Waals surface area contributed by atoms with Crippen LogP contribution in [0.15, 0.2) is 72.8 Å². The minimum absolute atomic E-state index is 0.0906. The first-order valence-electron chi connectivity index (χ1n) is 12.3. The number of carboxylic acid groups (broad SMARTS) is 1. The molecule has 186 valence electrons. The molecule has 1 aliphatic heterocycles. The average molecular weight is 488 g/mol. The molecule has 3 aromatic carbocycles. The molecule has 1 heterocycles. The van der Waals surface area contributed by atoms with Gasteiger partial charge in [-0.05, 0) is 52.8 Å². The third kappa shape index (κ3) is 5.36. The van der Waals surface area contributed by atoms with E-state index in [1.54, 1.807) is 24.3 Å². The molecule has 0 aromatic heterocycles. The quantitative estimate of drug-likeness (QED) is 0.458. The lowest BCUT2D eigenvalue weighted by Gasteiger charge is -2.23. The van der Waals surface area contributed by atoms with E-state index in [4.69, 9.17) is 14.2 Å². The number of ether oxygens (including phenoxy) is 3. The zero-order valence-electron chi connectivity index (χ0n) is 19.9. The van der Waals surface area contributed by atoms with Crippen LogP contribution in [0.5, 0.6) is 5.75 Å². The van der Waals surface area contributed by atoms with Crippen LogP contribution in [0.1, 0.15) is 41.9 Å². The zero-order chi connectivity index (χ0) is 24.9. The molecule has 2 atom stereocenters. The van der Waals surface area contributed by atoms with Crippen molar-refractivity contribution in [1.29, 1.82) is 0 Å². The van der Waals surface area contributed by atoms with Crippen LogP contribution in [0.25, 0.3) is 11.1 Å². The van der Waals surface area contributed by atoms with Crippen LogP contribution >= 0.6 is 0 Å². The fourth-order valence-corrected chi connectivity index (χ4v) is 4.88. The van der Waals surface area contributed by atoms with Crippen molar-refractivity contribution in [3.63, 3.8) is 0 Å². The predicted octanol–water partition coefficient (Wildman–Crippen LogP) is 5.13. The number of alkyl carbamates (subject to hydrolysis) is 1. The number of hydrogen-bond acceptors (Lipinski definition) is 5. The number of carboxylic acids is 1. The maximum atomic E-state index is 12.6. The monoisotopic (exact) mass is 487 g/mol. The normalized spacial score (nSPS) is 17.5. The Balaban J connectivity index is 1.18. The number of carbonyl (C=O) groups is 2. The summed E-state index contributed by atoms with van der Waals surface area (Å²) in [5, 5.41) is 12.2. The second-order valence-electron chi connectivity index (χ2n) is 9.12. The molecule has 3 aromatic rings. The van der Waals surface area contributed by atoms with Gasteiger partial charge < -0.3 is 24.6 Å². The average Bonchev–Trinajstić information content (AvgIpc) is 3.22. The van der Waals surface area contributed by atoms with Crippen molar-refractivity contribution in [2.45, 2.75) is 43.9 Å². The van der Waals surface area contributed by atoms with Gasteiger partial charge in [-0.2, -0.15) is 0 Å². The summed E-state index contributed by atoms with van der Waals surface area (Å²) in [6, 6.07) is 22.2. The number of amides is 1. The van der Waals surface area contributed by atoms with Crippen molar-refractivity contribution >= 4 is 12.1 Å². The summed E-state index contributed by atoms with van der Waals surface area (Å²) in [5.41, 5.74) is 5.23. The van der Waals surface area contributed by atoms with E-state index >= 15 is 0 Å². The highest BCUT2D eigenvalue weighted by molar-refractivity contribution is 5.81. The van der Waals surface area contributed by atoms with Gasteiger partial charge in [-0.15, -0.1) is 0 Å². The first-order chi connectivity index (χ1) is 17.6. The fraction of sp³-hybridized carbons (Fsp3) is 0.310. The number of benzene rings is 3. The Morgan fingerprint density at radius 1 is 0.944 bits per heavy atom. The Bertz CT molecular complexity index is 1170. The lowest BCUT2D eigenvalue weighted by Crippen LogP contribution is -2.42. The molecule has 2 N–H and O–H groups in total. The molecule has 0 saturated carbocycles. The molecule has 1 fully saturated rings. The fourth-order valence-electron chi connectivity index (χ4n) is 4.88. The van der Waals surface area contributed by atoms with Gasteiger partial charge in [0.05, 0.1) is 6.61 Å². The number of hydrogen-bond donors (Lipinski definition) is 2. The van der Waals surface area contributed by atoms with Gasteiger partial charge in [-0.25, -0.2) is 9.59 Å². The summed E-state index contributed by atoms with van der Waals surface area (Å²) in [4.78, 5) is 24.4. The van der Waals surface area contributed by atoms with Gasteiger partial charge in [0, 0.05) is 18.8 Å². The maximum Gasteiger partial charge on any atom is 0.407 e. The topological polar surface area (TPSA) is 94.1 Å². The number of aliphatic carboxylic acids is 1. The van der Waals surface area contributed by atoms with Gasteiger partial charge in [0.15, 0.2) is 6.29 Å². The smallest absolute Gasteiger partial charge is 0.407 e. The Kier molecular flexibility index (Phi) is 7.18. The van der Waals surface area contributed by atoms with Gasteiger partial charge >= 0.3 is 12.1 Å². The summed E-state index contributed by atoms with van der Waals surface area (Å²) in [6.45, 7) is 0.825. The van der Waals surface area contributed by atoms with E-state index in [-0.39, 0.29) is 25.2 Å². The molecule has 2 aliphatic rings. The molecule has 36 heavy (non-hydrogen) atoms. The summed E-state index contributed by atoms with van der Waals surface area (Å²) in [5.74, 6) is -0.548. The highest BCUT2D eigenvalue weighted by Gasteiger charge is 2.30. The second-order valence-corrected chi connectivity index (χ2v) is 9.12. The van der Waals surface area contributed by atoms with E-state index < -0.39 is 18.1 Å². The molecular formula is C29H29NO6. The molecular weight excluding hydrogens is 458 g/mol. The molecule has 2 unspecified atom stereocenters. The SMILES string of the molecule is O=C(NC(Cc1ccc(OC2CCCCO2)cc1)C(=O)O)OCC1c2ccccc2-c2ccccc21. The standard InChI is InChI=1S/C29H29NO6/c31-28(32)26(17-19-12-14-20(15-13-19)36-27-11-5-6-16-34-27)30-29(33)35-18-25-23-9-3-1-7-21(23)22-8-2-4-10-24(22)25/h1-4,7-10,12-15,25-27H,5-6,11,16-18H2,(H,30,33)(H,31,32). The van der Waals surface area contributed by atoms with E-state index in [0.29, 0.717) is 12.4 Å². The van der Waals surface area contributed by atoms with Crippen molar-refractivity contribution in [1.82, 2.24) is 5.32 Å². The van der Waals surface area contributed by atoms with Crippen molar-refractivity contribution < 1.29 is 28.9 Å². The van der Waals surface area contributed by atoms with Crippen LogP contribution in [0, 0.1) is 0 Å². The molecule has 1 saturated heterocycles. The van der Waals surface area contributed by atoms with Crippen LogP contribution in [-0.2, 0) is 20.7 Å². The molecule has 7 nitrogen and oxygen atoms in total. The molecule has 0 radical (unpaired) electrons. The third-order valence-corrected chi connectivity index (χ3v) is 6.70. The van der Waals surface area contributed by atoms with Crippen LogP contribution in [0.4, 0.5) is 4.79 Å². The van der Waals surface area contributed by atoms with E-state index in [1.165, 1.54) is 0 Å². The Morgan fingerprint density at radius 2 is 1.61 bits per heavy atom. The Hall–Kier alpha value is -3.84. The minimum Gasteiger partial charge on any atom is -0.480 e. The first-order valence-corrected chi connectivity index (χ1v) is 12.3. The number of rotatable bonds is 8. The number of nitrogens with one attached hydrogen (secondary N) is 1. The van der Waals surface area contributed by atoms with Gasteiger partial charge in [-0.3, -0.25) is 0 Å². The van der Waals surface area contributed by atoms with E-state index in [1.807, 2.05) is 36.4 Å². The van der Waals surface area contributed by atoms with Gasteiger partial charge in [0.25, 0.3) is 0 Å². The van der Waals surface area contributed by atoms with Crippen molar-refractivity contribution in [2.24, 2.45) is 0 Å². The van der Waals surface area contributed by atoms with Crippen LogP contribution in [-0.4, -0.2) is 42.7 Å². The Labute approximate surface area is 210 Å². The van der Waals surface area contributed by atoms with Crippen molar-refractivity contribution in [3.8, 4) is 16.9 Å². The van der Waals surface area contributed by atoms with Crippen LogP contribution in [0.3, 0.4) is 0 Å². The lowest BCUT2D eigenvalue weighted by atomic mass is 9.98. The van der Waals surface area contributed by atoms with Crippen LogP contribution in [0.2, 0.25) is 0 Å². The molecule has 0 bridgehead atoms. The van der Waals surface area contributed by atoms with Gasteiger partial charge in [0.2, 0.25) is 0 Å². The van der Waals surface area contributed by atoms with E-state index in [2.05, 4.69) is 17.4 Å². The number of carbonyl (C=O) groups excluding carboxylic acids is 1. The molecule has 1 amide bonds. The van der Waals surface area contributed by atoms with Gasteiger partial charge in [-0.1, -0.05) is 60.7 Å². The molecule has 0 spiro atoms. The maximum absolute atomic E-state index is 12.6. The Morgan fingerprint density at radius 3 is 2.22 bits per heavy atom. The van der Waals surface area contributed by atoms with Crippen LogP contribution < -0.4 is 10.1 Å². The first kappa shape index (κ1) is 23.9. The summed E-state index contributed by atoms with van der Waals surface area (Å²) < 4.78 is 16.9. The zero-order valence-corrected chi connectivity index (χ0v) is 19.9. The highest BCUT2D eigenvalue weighted by atomic mass is 16.7. The minimum atomic E-state index is -1.13. The largest absolute Gasteiger partial charge is 0.480 e. The summed E-state index contributed by atoms with van der Waals surface area (Å²) in [6.07, 6.45) is 2.11. The van der Waals surface area contributed by atoms with Gasteiger partial charge in [0.1, 0.15) is 18.4 Å². The van der Waals surface area contributed by atoms with E-state index in [9.17, 15) is 14.7 Å². The third-order valence-electron chi connectivity index (χ3n) is 6.70.